The van der Waals surface area contributed by atoms with Gasteiger partial charge in [-0.25, -0.2) is 0 Å². The van der Waals surface area contributed by atoms with Crippen LogP contribution < -0.4 is 5.32 Å². The van der Waals surface area contributed by atoms with Crippen LogP contribution in [-0.4, -0.2) is 42.2 Å². The van der Waals surface area contributed by atoms with Crippen LogP contribution in [0.4, 0.5) is 0 Å². The Bertz CT molecular complexity index is 671. The molecule has 2 atom stereocenters. The predicted octanol–water partition coefficient (Wildman–Crippen LogP) is 4.00. The van der Waals surface area contributed by atoms with Gasteiger partial charge in [0.05, 0.1) is 24.2 Å². The highest BCUT2D eigenvalue weighted by Gasteiger charge is 2.27. The zero-order valence-corrected chi connectivity index (χ0v) is 16.3. The molecule has 0 aliphatic carbocycles. The number of ether oxygens (including phenoxy) is 1. The molecule has 3 rings (SSSR count). The van der Waals surface area contributed by atoms with Gasteiger partial charge in [-0.1, -0.05) is 72.9 Å². The van der Waals surface area contributed by atoms with Gasteiger partial charge in [-0.15, -0.1) is 0 Å². The number of aryl methyl sites for hydroxylation is 1. The molecule has 0 spiro atoms. The minimum atomic E-state index is 0.249. The van der Waals surface area contributed by atoms with Crippen LogP contribution in [0.1, 0.15) is 30.5 Å². The van der Waals surface area contributed by atoms with Gasteiger partial charge < -0.3 is 10.1 Å². The van der Waals surface area contributed by atoms with E-state index in [1.54, 1.807) is 0 Å². The molecule has 2 aromatic carbocycles. The van der Waals surface area contributed by atoms with Crippen molar-refractivity contribution in [2.75, 3.05) is 26.3 Å². The fourth-order valence-electron chi connectivity index (χ4n) is 3.63. The molecule has 1 aliphatic heterocycles. The molecule has 1 aliphatic rings. The third-order valence-corrected chi connectivity index (χ3v) is 5.25. The zero-order chi connectivity index (χ0) is 18.2. The summed E-state index contributed by atoms with van der Waals surface area (Å²) in [5, 5.41) is 3.59. The zero-order valence-electron chi connectivity index (χ0n) is 15.4. The summed E-state index contributed by atoms with van der Waals surface area (Å²) < 4.78 is 5.55. The van der Waals surface area contributed by atoms with E-state index in [2.05, 4.69) is 77.8 Å². The van der Waals surface area contributed by atoms with Crippen LogP contribution in [0.2, 0.25) is 0 Å². The first kappa shape index (κ1) is 19.0. The molecule has 26 heavy (non-hydrogen) atoms. The average molecular weight is 369 g/mol. The molecule has 1 fully saturated rings. The van der Waals surface area contributed by atoms with Gasteiger partial charge in [0.15, 0.2) is 0 Å². The van der Waals surface area contributed by atoms with Gasteiger partial charge in [-0.05, 0) is 24.5 Å². The summed E-state index contributed by atoms with van der Waals surface area (Å²) in [6.07, 6.45) is 1.86. The second-order valence-electron chi connectivity index (χ2n) is 6.85. The second-order valence-corrected chi connectivity index (χ2v) is 7.34. The standard InChI is InChI=1S/C22H28N2OS/c1-18(23-21(26)13-12-19-8-4-2-5-9-19)22(20-10-6-3-7-11-20)24-14-16-25-17-15-24/h2-11,18,22H,12-17H2,1H3,(H,23,26)/t18-,22-/m0/s1. The van der Waals surface area contributed by atoms with Crippen LogP contribution in [0.25, 0.3) is 0 Å². The van der Waals surface area contributed by atoms with Gasteiger partial charge in [-0.3, -0.25) is 4.90 Å². The third kappa shape index (κ3) is 5.37. The fourth-order valence-corrected chi connectivity index (χ4v) is 3.92. The molecule has 1 saturated heterocycles. The molecule has 0 unspecified atom stereocenters. The summed E-state index contributed by atoms with van der Waals surface area (Å²) in [5.41, 5.74) is 2.66. The number of hydrogen-bond donors (Lipinski definition) is 1. The van der Waals surface area contributed by atoms with Crippen LogP contribution in [0.3, 0.4) is 0 Å². The normalized spacial score (nSPS) is 17.4. The van der Waals surface area contributed by atoms with Crippen LogP contribution in [0.15, 0.2) is 60.7 Å². The van der Waals surface area contributed by atoms with E-state index in [0.717, 1.165) is 44.1 Å². The Hall–Kier alpha value is -1.75. The van der Waals surface area contributed by atoms with Crippen molar-refractivity contribution >= 4 is 17.2 Å². The Morgan fingerprint density at radius 1 is 1.04 bits per heavy atom. The highest BCUT2D eigenvalue weighted by Crippen LogP contribution is 2.25. The van der Waals surface area contributed by atoms with Crippen LogP contribution in [0.5, 0.6) is 0 Å². The Balaban J connectivity index is 1.63. The lowest BCUT2D eigenvalue weighted by Gasteiger charge is -2.38. The smallest absolute Gasteiger partial charge is 0.0759 e. The van der Waals surface area contributed by atoms with Gasteiger partial charge in [0.2, 0.25) is 0 Å². The Morgan fingerprint density at radius 2 is 1.65 bits per heavy atom. The van der Waals surface area contributed by atoms with E-state index in [1.165, 1.54) is 11.1 Å². The molecule has 1 N–H and O–H groups in total. The molecule has 0 saturated carbocycles. The van der Waals surface area contributed by atoms with Crippen LogP contribution >= 0.6 is 12.2 Å². The molecule has 2 aromatic rings. The first-order valence-corrected chi connectivity index (χ1v) is 9.85. The van der Waals surface area contributed by atoms with Crippen molar-refractivity contribution in [2.24, 2.45) is 0 Å². The quantitative estimate of drug-likeness (QED) is 0.747. The first-order valence-electron chi connectivity index (χ1n) is 9.44. The van der Waals surface area contributed by atoms with Gasteiger partial charge >= 0.3 is 0 Å². The maximum atomic E-state index is 5.65. The Kier molecular flexibility index (Phi) is 7.18. The second kappa shape index (κ2) is 9.81. The predicted molar refractivity (Wildman–Crippen MR) is 112 cm³/mol. The molecule has 1 heterocycles. The van der Waals surface area contributed by atoms with E-state index in [9.17, 15) is 0 Å². The van der Waals surface area contributed by atoms with Crippen LogP contribution in [0, 0.1) is 0 Å². The lowest BCUT2D eigenvalue weighted by atomic mass is 9.98. The fraction of sp³-hybridized carbons (Fsp3) is 0.409. The van der Waals surface area contributed by atoms with Crippen molar-refractivity contribution in [3.63, 3.8) is 0 Å². The molecule has 0 amide bonds. The SMILES string of the molecule is C[C@H](NC(=S)CCc1ccccc1)[C@@H](c1ccccc1)N1CCOCC1. The number of benzene rings is 2. The molecule has 0 aromatic heterocycles. The number of thiocarbonyl (C=S) groups is 1. The average Bonchev–Trinajstić information content (AvgIpc) is 2.69. The number of hydrogen-bond acceptors (Lipinski definition) is 3. The highest BCUT2D eigenvalue weighted by molar-refractivity contribution is 7.80. The van der Waals surface area contributed by atoms with Crippen molar-refractivity contribution < 1.29 is 4.74 Å². The van der Waals surface area contributed by atoms with Gasteiger partial charge in [0.25, 0.3) is 0 Å². The van der Waals surface area contributed by atoms with E-state index < -0.39 is 0 Å². The third-order valence-electron chi connectivity index (χ3n) is 4.93. The van der Waals surface area contributed by atoms with E-state index in [-0.39, 0.29) is 6.04 Å². The molecule has 0 bridgehead atoms. The van der Waals surface area contributed by atoms with Gasteiger partial charge in [0, 0.05) is 25.6 Å². The molecule has 138 valence electrons. The topological polar surface area (TPSA) is 24.5 Å². The molecule has 4 heteroatoms. The molecular weight excluding hydrogens is 340 g/mol. The summed E-state index contributed by atoms with van der Waals surface area (Å²) in [7, 11) is 0. The largest absolute Gasteiger partial charge is 0.379 e. The number of rotatable bonds is 7. The van der Waals surface area contributed by atoms with E-state index >= 15 is 0 Å². The summed E-state index contributed by atoms with van der Waals surface area (Å²) in [5.74, 6) is 0. The lowest BCUT2D eigenvalue weighted by molar-refractivity contribution is 0.0102. The van der Waals surface area contributed by atoms with E-state index in [4.69, 9.17) is 17.0 Å². The van der Waals surface area contributed by atoms with Crippen molar-refractivity contribution in [3.8, 4) is 0 Å². The highest BCUT2D eigenvalue weighted by atomic mass is 32.1. The minimum absolute atomic E-state index is 0.249. The van der Waals surface area contributed by atoms with E-state index in [1.807, 2.05) is 0 Å². The van der Waals surface area contributed by atoms with Crippen molar-refractivity contribution in [1.29, 1.82) is 0 Å². The lowest BCUT2D eigenvalue weighted by Crippen LogP contribution is -2.48. The van der Waals surface area contributed by atoms with E-state index in [0.29, 0.717) is 6.04 Å². The first-order chi connectivity index (χ1) is 12.7. The molecule has 3 nitrogen and oxygen atoms in total. The summed E-state index contributed by atoms with van der Waals surface area (Å²) >= 11 is 5.65. The summed E-state index contributed by atoms with van der Waals surface area (Å²) in [6.45, 7) is 5.76. The number of nitrogens with one attached hydrogen (secondary N) is 1. The maximum absolute atomic E-state index is 5.65. The van der Waals surface area contributed by atoms with Gasteiger partial charge in [-0.2, -0.15) is 0 Å². The summed E-state index contributed by atoms with van der Waals surface area (Å²) in [6, 6.07) is 21.8. The molecular formula is C22H28N2OS. The minimum Gasteiger partial charge on any atom is -0.379 e. The van der Waals surface area contributed by atoms with Crippen molar-refractivity contribution in [1.82, 2.24) is 10.2 Å². The Morgan fingerprint density at radius 3 is 2.31 bits per heavy atom. The van der Waals surface area contributed by atoms with Crippen molar-refractivity contribution in [2.45, 2.75) is 31.8 Å². The van der Waals surface area contributed by atoms with Crippen LogP contribution in [-0.2, 0) is 11.2 Å². The number of nitrogens with zero attached hydrogens (tertiary/aromatic N) is 1. The van der Waals surface area contributed by atoms with Gasteiger partial charge in [0.1, 0.15) is 0 Å². The molecule has 0 radical (unpaired) electrons. The monoisotopic (exact) mass is 368 g/mol. The Labute approximate surface area is 162 Å². The maximum Gasteiger partial charge on any atom is 0.0759 e. The summed E-state index contributed by atoms with van der Waals surface area (Å²) in [4.78, 5) is 3.45. The van der Waals surface area contributed by atoms with Crippen molar-refractivity contribution in [3.05, 3.63) is 71.8 Å². The number of morpholine rings is 1.